The van der Waals surface area contributed by atoms with E-state index in [1.165, 1.54) is 17.3 Å². The predicted molar refractivity (Wildman–Crippen MR) is 101 cm³/mol. The molecule has 0 spiro atoms. The molecule has 7 heteroatoms. The summed E-state index contributed by atoms with van der Waals surface area (Å²) in [6, 6.07) is 16.9. The maximum atomic E-state index is 12.2. The number of anilines is 1. The van der Waals surface area contributed by atoms with E-state index in [1.54, 1.807) is 30.6 Å². The van der Waals surface area contributed by atoms with Gasteiger partial charge < -0.3 is 5.32 Å². The quantitative estimate of drug-likeness (QED) is 0.678. The summed E-state index contributed by atoms with van der Waals surface area (Å²) in [4.78, 5) is 12.2. The van der Waals surface area contributed by atoms with Gasteiger partial charge in [0, 0.05) is 5.69 Å². The molecule has 130 valence electrons. The third kappa shape index (κ3) is 4.10. The van der Waals surface area contributed by atoms with Crippen molar-refractivity contribution in [1.82, 2.24) is 14.8 Å². The molecule has 3 rings (SSSR count). The molecule has 0 aliphatic heterocycles. The van der Waals surface area contributed by atoms with Gasteiger partial charge in [-0.25, -0.2) is 0 Å². The van der Waals surface area contributed by atoms with Crippen molar-refractivity contribution in [2.75, 3.05) is 11.1 Å². The van der Waals surface area contributed by atoms with Crippen LogP contribution in [0.15, 0.2) is 60.0 Å². The van der Waals surface area contributed by atoms with Crippen LogP contribution in [-0.2, 0) is 11.2 Å². The zero-order valence-electron chi connectivity index (χ0n) is 14.2. The molecular formula is C19H17N5OS. The molecule has 0 aliphatic rings. The van der Waals surface area contributed by atoms with Gasteiger partial charge >= 0.3 is 0 Å². The number of hydrogen-bond donors (Lipinski definition) is 1. The van der Waals surface area contributed by atoms with E-state index in [-0.39, 0.29) is 11.7 Å². The standard InChI is InChI=1S/C19H17N5OS/c1-2-15-7-3-4-9-17(15)24-13-21-23-19(24)26-12-18(25)22-16-8-5-6-14(10-16)11-20/h3-10,13H,2,12H2,1H3,(H,22,25). The first-order valence-electron chi connectivity index (χ1n) is 8.12. The Labute approximate surface area is 155 Å². The maximum Gasteiger partial charge on any atom is 0.234 e. The maximum absolute atomic E-state index is 12.2. The second-order valence-electron chi connectivity index (χ2n) is 5.50. The Morgan fingerprint density at radius 1 is 1.27 bits per heavy atom. The molecule has 3 aromatic rings. The highest BCUT2D eigenvalue weighted by molar-refractivity contribution is 7.99. The fourth-order valence-electron chi connectivity index (χ4n) is 2.53. The molecule has 0 radical (unpaired) electrons. The molecule has 0 fully saturated rings. The summed E-state index contributed by atoms with van der Waals surface area (Å²) in [6.07, 6.45) is 2.55. The van der Waals surface area contributed by atoms with Crippen molar-refractivity contribution < 1.29 is 4.79 Å². The first kappa shape index (κ1) is 17.7. The number of amides is 1. The second-order valence-corrected chi connectivity index (χ2v) is 6.44. The number of aryl methyl sites for hydroxylation is 1. The van der Waals surface area contributed by atoms with Gasteiger partial charge in [-0.3, -0.25) is 9.36 Å². The molecule has 6 nitrogen and oxygen atoms in total. The molecule has 26 heavy (non-hydrogen) atoms. The number of thioether (sulfide) groups is 1. The molecule has 1 heterocycles. The van der Waals surface area contributed by atoms with Gasteiger partial charge in [0.05, 0.1) is 23.1 Å². The average Bonchev–Trinajstić information content (AvgIpc) is 3.15. The Bertz CT molecular complexity index is 960. The van der Waals surface area contributed by atoms with E-state index in [0.29, 0.717) is 16.4 Å². The average molecular weight is 363 g/mol. The molecule has 0 saturated heterocycles. The normalized spacial score (nSPS) is 10.3. The summed E-state index contributed by atoms with van der Waals surface area (Å²) >= 11 is 1.32. The van der Waals surface area contributed by atoms with Crippen LogP contribution in [0.5, 0.6) is 0 Å². The number of rotatable bonds is 6. The van der Waals surface area contributed by atoms with E-state index in [0.717, 1.165) is 12.1 Å². The third-order valence-electron chi connectivity index (χ3n) is 3.76. The number of nitriles is 1. The molecule has 1 aromatic heterocycles. The Balaban J connectivity index is 1.68. The van der Waals surface area contributed by atoms with E-state index in [9.17, 15) is 4.79 Å². The summed E-state index contributed by atoms with van der Waals surface area (Å²) in [5.41, 5.74) is 3.32. The van der Waals surface area contributed by atoms with Gasteiger partial charge in [-0.1, -0.05) is 43.0 Å². The van der Waals surface area contributed by atoms with Gasteiger partial charge in [0.25, 0.3) is 0 Å². The molecule has 0 unspecified atom stereocenters. The fraction of sp³-hybridized carbons (Fsp3) is 0.158. The van der Waals surface area contributed by atoms with Crippen LogP contribution in [0.2, 0.25) is 0 Å². The summed E-state index contributed by atoms with van der Waals surface area (Å²) in [6.45, 7) is 2.10. The van der Waals surface area contributed by atoms with Crippen LogP contribution in [0.3, 0.4) is 0 Å². The number of carbonyl (C=O) groups excluding carboxylic acids is 1. The van der Waals surface area contributed by atoms with Crippen LogP contribution in [-0.4, -0.2) is 26.4 Å². The van der Waals surface area contributed by atoms with Crippen molar-refractivity contribution in [2.45, 2.75) is 18.5 Å². The Hall–Kier alpha value is -3.11. The van der Waals surface area contributed by atoms with E-state index < -0.39 is 0 Å². The second kappa shape index (κ2) is 8.32. The Kier molecular flexibility index (Phi) is 5.66. The van der Waals surface area contributed by atoms with Crippen LogP contribution in [0, 0.1) is 11.3 Å². The number of benzene rings is 2. The van der Waals surface area contributed by atoms with Gasteiger partial charge in [0.1, 0.15) is 6.33 Å². The summed E-state index contributed by atoms with van der Waals surface area (Å²) < 4.78 is 1.90. The molecule has 1 N–H and O–H groups in total. The van der Waals surface area contributed by atoms with Crippen molar-refractivity contribution >= 4 is 23.4 Å². The van der Waals surface area contributed by atoms with Gasteiger partial charge in [-0.15, -0.1) is 10.2 Å². The van der Waals surface area contributed by atoms with Gasteiger partial charge in [0.2, 0.25) is 5.91 Å². The highest BCUT2D eigenvalue weighted by Crippen LogP contribution is 2.22. The largest absolute Gasteiger partial charge is 0.325 e. The molecule has 0 saturated carbocycles. The molecule has 0 atom stereocenters. The summed E-state index contributed by atoms with van der Waals surface area (Å²) in [7, 11) is 0. The number of nitrogens with zero attached hydrogens (tertiary/aromatic N) is 4. The van der Waals surface area contributed by atoms with Crippen molar-refractivity contribution in [3.8, 4) is 11.8 Å². The van der Waals surface area contributed by atoms with Gasteiger partial charge in [-0.05, 0) is 36.2 Å². The van der Waals surface area contributed by atoms with Crippen LogP contribution >= 0.6 is 11.8 Å². The van der Waals surface area contributed by atoms with Crippen molar-refractivity contribution in [1.29, 1.82) is 5.26 Å². The number of nitrogens with one attached hydrogen (secondary N) is 1. The molecule has 1 amide bonds. The SMILES string of the molecule is CCc1ccccc1-n1cnnc1SCC(=O)Nc1cccc(C#N)c1. The smallest absolute Gasteiger partial charge is 0.234 e. The minimum Gasteiger partial charge on any atom is -0.325 e. The van der Waals surface area contributed by atoms with Crippen molar-refractivity contribution in [3.63, 3.8) is 0 Å². The van der Waals surface area contributed by atoms with E-state index in [4.69, 9.17) is 5.26 Å². The zero-order chi connectivity index (χ0) is 18.4. The Morgan fingerprint density at radius 3 is 2.92 bits per heavy atom. The fourth-order valence-corrected chi connectivity index (χ4v) is 3.25. The highest BCUT2D eigenvalue weighted by atomic mass is 32.2. The molecule has 0 bridgehead atoms. The molecular weight excluding hydrogens is 346 g/mol. The number of hydrogen-bond acceptors (Lipinski definition) is 5. The topological polar surface area (TPSA) is 83.6 Å². The monoisotopic (exact) mass is 363 g/mol. The number of para-hydroxylation sites is 1. The lowest BCUT2D eigenvalue weighted by atomic mass is 10.1. The Morgan fingerprint density at radius 2 is 2.12 bits per heavy atom. The van der Waals surface area contributed by atoms with Crippen LogP contribution < -0.4 is 5.32 Å². The van der Waals surface area contributed by atoms with Crippen molar-refractivity contribution in [2.24, 2.45) is 0 Å². The third-order valence-corrected chi connectivity index (χ3v) is 4.70. The van der Waals surface area contributed by atoms with Crippen LogP contribution in [0.1, 0.15) is 18.1 Å². The van der Waals surface area contributed by atoms with Crippen LogP contribution in [0.4, 0.5) is 5.69 Å². The number of aromatic nitrogens is 3. The lowest BCUT2D eigenvalue weighted by molar-refractivity contribution is -0.113. The zero-order valence-corrected chi connectivity index (χ0v) is 15.0. The molecule has 0 aliphatic carbocycles. The summed E-state index contributed by atoms with van der Waals surface area (Å²) in [5.74, 6) is 0.0347. The highest BCUT2D eigenvalue weighted by Gasteiger charge is 2.12. The predicted octanol–water partition coefficient (Wildman–Crippen LogP) is 3.43. The van der Waals surface area contributed by atoms with Gasteiger partial charge in [-0.2, -0.15) is 5.26 Å². The lowest BCUT2D eigenvalue weighted by Crippen LogP contribution is -2.14. The number of carbonyl (C=O) groups is 1. The van der Waals surface area contributed by atoms with E-state index in [2.05, 4.69) is 34.6 Å². The lowest BCUT2D eigenvalue weighted by Gasteiger charge is -2.10. The first-order chi connectivity index (χ1) is 12.7. The van der Waals surface area contributed by atoms with E-state index in [1.807, 2.05) is 22.8 Å². The first-order valence-corrected chi connectivity index (χ1v) is 9.11. The van der Waals surface area contributed by atoms with Crippen LogP contribution in [0.25, 0.3) is 5.69 Å². The molecule has 2 aromatic carbocycles. The minimum atomic E-state index is -0.164. The van der Waals surface area contributed by atoms with E-state index >= 15 is 0 Å². The summed E-state index contributed by atoms with van der Waals surface area (Å²) in [5, 5.41) is 20.5. The minimum absolute atomic E-state index is 0.164. The van der Waals surface area contributed by atoms with Gasteiger partial charge in [0.15, 0.2) is 5.16 Å². The van der Waals surface area contributed by atoms with Crippen molar-refractivity contribution in [3.05, 3.63) is 66.0 Å².